The molecule has 0 aliphatic rings. The molecule has 1 rings (SSSR count). The zero-order chi connectivity index (χ0) is 12.7. The molecular formula is C12H15BrO4. The molecule has 0 fully saturated rings. The topological polar surface area (TPSA) is 44.8 Å². The number of carbonyl (C=O) groups excluding carboxylic acids is 1. The molecule has 1 aromatic rings. The van der Waals surface area contributed by atoms with Gasteiger partial charge in [0.05, 0.1) is 0 Å². The third kappa shape index (κ3) is 5.70. The first-order chi connectivity index (χ1) is 8.11. The number of halogens is 1. The molecule has 0 amide bonds. The molecule has 1 aromatic carbocycles. The summed E-state index contributed by atoms with van der Waals surface area (Å²) in [4.78, 5) is 10.7. The predicted molar refractivity (Wildman–Crippen MR) is 66.8 cm³/mol. The van der Waals surface area contributed by atoms with Gasteiger partial charge in [0, 0.05) is 18.0 Å². The molecular weight excluding hydrogens is 288 g/mol. The molecule has 0 aliphatic heterocycles. The summed E-state index contributed by atoms with van der Waals surface area (Å²) >= 11 is 3.34. The summed E-state index contributed by atoms with van der Waals surface area (Å²) in [6.07, 6.45) is -0.579. The second kappa shape index (κ2) is 7.29. The third-order valence-corrected chi connectivity index (χ3v) is 2.39. The lowest BCUT2D eigenvalue weighted by atomic mass is 10.3. The molecule has 0 bridgehead atoms. The van der Waals surface area contributed by atoms with E-state index in [2.05, 4.69) is 15.9 Å². The summed E-state index contributed by atoms with van der Waals surface area (Å²) in [5.41, 5.74) is 0. The quantitative estimate of drug-likeness (QED) is 0.599. The van der Waals surface area contributed by atoms with Crippen molar-refractivity contribution in [1.29, 1.82) is 0 Å². The normalized spacial score (nSPS) is 11.9. The average molecular weight is 303 g/mol. The van der Waals surface area contributed by atoms with Gasteiger partial charge >= 0.3 is 5.97 Å². The van der Waals surface area contributed by atoms with Gasteiger partial charge < -0.3 is 14.2 Å². The lowest BCUT2D eigenvalue weighted by molar-refractivity contribution is -0.157. The van der Waals surface area contributed by atoms with Crippen LogP contribution in [0, 0.1) is 0 Å². The number of carbonyl (C=O) groups is 1. The Morgan fingerprint density at radius 1 is 1.35 bits per heavy atom. The van der Waals surface area contributed by atoms with E-state index < -0.39 is 6.29 Å². The first kappa shape index (κ1) is 14.0. The van der Waals surface area contributed by atoms with E-state index in [1.165, 1.54) is 6.92 Å². The van der Waals surface area contributed by atoms with Crippen LogP contribution in [0.4, 0.5) is 0 Å². The number of hydrogen-bond acceptors (Lipinski definition) is 4. The van der Waals surface area contributed by atoms with Crippen LogP contribution >= 0.6 is 15.9 Å². The van der Waals surface area contributed by atoms with Crippen LogP contribution in [0.15, 0.2) is 28.7 Å². The number of hydrogen-bond donors (Lipinski definition) is 0. The molecule has 0 radical (unpaired) electrons. The van der Waals surface area contributed by atoms with Gasteiger partial charge in [-0.3, -0.25) is 4.79 Å². The number of rotatable bonds is 6. The molecule has 0 aliphatic carbocycles. The van der Waals surface area contributed by atoms with E-state index in [0.29, 0.717) is 12.4 Å². The standard InChI is InChI=1S/C12H15BrO4/c1-3-15-12(8-16-9(2)14)17-11-6-4-10(13)5-7-11/h4-7,12H,3,8H2,1-2H3. The fourth-order valence-electron chi connectivity index (χ4n) is 1.15. The van der Waals surface area contributed by atoms with Crippen LogP contribution in [0.1, 0.15) is 13.8 Å². The summed E-state index contributed by atoms with van der Waals surface area (Å²) < 4.78 is 16.7. The Morgan fingerprint density at radius 3 is 2.53 bits per heavy atom. The Hall–Kier alpha value is -1.07. The summed E-state index contributed by atoms with van der Waals surface area (Å²) in [6, 6.07) is 7.35. The monoisotopic (exact) mass is 302 g/mol. The highest BCUT2D eigenvalue weighted by Crippen LogP contribution is 2.17. The van der Waals surface area contributed by atoms with Crippen LogP contribution in [0.5, 0.6) is 5.75 Å². The Kier molecular flexibility index (Phi) is 6.00. The van der Waals surface area contributed by atoms with E-state index in [1.807, 2.05) is 31.2 Å². The van der Waals surface area contributed by atoms with Crippen molar-refractivity contribution in [2.24, 2.45) is 0 Å². The largest absolute Gasteiger partial charge is 0.461 e. The second-order valence-electron chi connectivity index (χ2n) is 3.26. The van der Waals surface area contributed by atoms with E-state index in [0.717, 1.165) is 4.47 Å². The Balaban J connectivity index is 2.53. The van der Waals surface area contributed by atoms with Crippen LogP contribution in [-0.2, 0) is 14.3 Å². The summed E-state index contributed by atoms with van der Waals surface area (Å²) in [5, 5.41) is 0. The first-order valence-corrected chi connectivity index (χ1v) is 6.08. The van der Waals surface area contributed by atoms with Crippen molar-refractivity contribution < 1.29 is 19.0 Å². The van der Waals surface area contributed by atoms with Gasteiger partial charge in [0.15, 0.2) is 6.61 Å². The molecule has 1 unspecified atom stereocenters. The molecule has 4 nitrogen and oxygen atoms in total. The average Bonchev–Trinajstić information content (AvgIpc) is 2.29. The number of ether oxygens (including phenoxy) is 3. The highest BCUT2D eigenvalue weighted by Gasteiger charge is 2.12. The van der Waals surface area contributed by atoms with Gasteiger partial charge in [-0.15, -0.1) is 0 Å². The van der Waals surface area contributed by atoms with Crippen molar-refractivity contribution in [2.45, 2.75) is 20.1 Å². The van der Waals surface area contributed by atoms with Crippen LogP contribution in [-0.4, -0.2) is 25.5 Å². The van der Waals surface area contributed by atoms with Gasteiger partial charge in [-0.1, -0.05) is 15.9 Å². The molecule has 0 N–H and O–H groups in total. The van der Waals surface area contributed by atoms with Crippen molar-refractivity contribution in [3.63, 3.8) is 0 Å². The maximum absolute atomic E-state index is 10.7. The van der Waals surface area contributed by atoms with Gasteiger partial charge in [-0.2, -0.15) is 0 Å². The van der Waals surface area contributed by atoms with Gasteiger partial charge in [-0.05, 0) is 31.2 Å². The molecule has 0 saturated carbocycles. The lowest BCUT2D eigenvalue weighted by Crippen LogP contribution is -2.27. The summed E-state index contributed by atoms with van der Waals surface area (Å²) in [5.74, 6) is 0.313. The highest BCUT2D eigenvalue weighted by atomic mass is 79.9. The van der Waals surface area contributed by atoms with E-state index in [1.54, 1.807) is 0 Å². The molecule has 17 heavy (non-hydrogen) atoms. The van der Waals surface area contributed by atoms with Gasteiger partial charge in [0.25, 0.3) is 0 Å². The Morgan fingerprint density at radius 2 is 2.00 bits per heavy atom. The van der Waals surface area contributed by atoms with E-state index in [4.69, 9.17) is 14.2 Å². The van der Waals surface area contributed by atoms with Gasteiger partial charge in [-0.25, -0.2) is 0 Å². The fourth-order valence-corrected chi connectivity index (χ4v) is 1.42. The highest BCUT2D eigenvalue weighted by molar-refractivity contribution is 9.10. The maximum atomic E-state index is 10.7. The third-order valence-electron chi connectivity index (χ3n) is 1.86. The first-order valence-electron chi connectivity index (χ1n) is 5.29. The molecule has 5 heteroatoms. The molecule has 1 atom stereocenters. The van der Waals surface area contributed by atoms with Crippen molar-refractivity contribution in [2.75, 3.05) is 13.2 Å². The van der Waals surface area contributed by atoms with Crippen molar-refractivity contribution >= 4 is 21.9 Å². The summed E-state index contributed by atoms with van der Waals surface area (Å²) in [7, 11) is 0. The Bertz CT molecular complexity index is 350. The lowest BCUT2D eigenvalue weighted by Gasteiger charge is -2.18. The minimum Gasteiger partial charge on any atom is -0.461 e. The smallest absolute Gasteiger partial charge is 0.302 e. The van der Waals surface area contributed by atoms with Gasteiger partial charge in [0.2, 0.25) is 6.29 Å². The predicted octanol–water partition coefficient (Wildman–Crippen LogP) is 2.75. The zero-order valence-corrected chi connectivity index (χ0v) is 11.4. The Labute approximate surface area is 109 Å². The molecule has 0 heterocycles. The summed E-state index contributed by atoms with van der Waals surface area (Å²) in [6.45, 7) is 3.77. The molecule has 0 aromatic heterocycles. The second-order valence-corrected chi connectivity index (χ2v) is 4.17. The number of benzene rings is 1. The molecule has 94 valence electrons. The van der Waals surface area contributed by atoms with Crippen molar-refractivity contribution in [1.82, 2.24) is 0 Å². The van der Waals surface area contributed by atoms with Crippen molar-refractivity contribution in [3.8, 4) is 5.75 Å². The zero-order valence-electron chi connectivity index (χ0n) is 9.81. The SMILES string of the molecule is CCOC(COC(C)=O)Oc1ccc(Br)cc1. The van der Waals surface area contributed by atoms with E-state index in [9.17, 15) is 4.79 Å². The van der Waals surface area contributed by atoms with Crippen LogP contribution in [0.3, 0.4) is 0 Å². The van der Waals surface area contributed by atoms with Gasteiger partial charge in [0.1, 0.15) is 5.75 Å². The van der Waals surface area contributed by atoms with Crippen LogP contribution in [0.25, 0.3) is 0 Å². The van der Waals surface area contributed by atoms with Crippen LogP contribution in [0.2, 0.25) is 0 Å². The maximum Gasteiger partial charge on any atom is 0.302 e. The molecule has 0 saturated heterocycles. The minimum absolute atomic E-state index is 0.0826. The minimum atomic E-state index is -0.579. The molecule has 0 spiro atoms. The number of esters is 1. The van der Waals surface area contributed by atoms with Crippen LogP contribution < -0.4 is 4.74 Å². The van der Waals surface area contributed by atoms with E-state index in [-0.39, 0.29) is 12.6 Å². The van der Waals surface area contributed by atoms with Crippen molar-refractivity contribution in [3.05, 3.63) is 28.7 Å². The van der Waals surface area contributed by atoms with E-state index >= 15 is 0 Å². The fraction of sp³-hybridized carbons (Fsp3) is 0.417.